The third-order valence-corrected chi connectivity index (χ3v) is 2.34. The molecule has 2 amide bonds. The molecule has 0 aromatic heterocycles. The van der Waals surface area contributed by atoms with Gasteiger partial charge in [-0.15, -0.1) is 0 Å². The molecule has 0 spiro atoms. The standard InChI is InChI=1S/C12H17ClN2O3/c1-2-7-18-11-4-3-9(8-10(11)13)15-12(17)14-5-6-16/h3-4,8,16H,2,5-7H2,1H3,(H2,14,15,17). The summed E-state index contributed by atoms with van der Waals surface area (Å²) in [5, 5.41) is 14.1. The van der Waals surface area contributed by atoms with E-state index in [2.05, 4.69) is 10.6 Å². The van der Waals surface area contributed by atoms with E-state index in [1.807, 2.05) is 6.92 Å². The Morgan fingerprint density at radius 1 is 1.50 bits per heavy atom. The lowest BCUT2D eigenvalue weighted by molar-refractivity contribution is 0.245. The lowest BCUT2D eigenvalue weighted by atomic mass is 10.3. The Labute approximate surface area is 111 Å². The van der Waals surface area contributed by atoms with Gasteiger partial charge in [-0.2, -0.15) is 0 Å². The van der Waals surface area contributed by atoms with Crippen LogP contribution in [-0.4, -0.2) is 30.9 Å². The highest BCUT2D eigenvalue weighted by atomic mass is 35.5. The molecule has 1 aromatic carbocycles. The van der Waals surface area contributed by atoms with Gasteiger partial charge in [0.05, 0.1) is 18.2 Å². The summed E-state index contributed by atoms with van der Waals surface area (Å²) in [6, 6.07) is 4.64. The molecule has 0 atom stereocenters. The second-order valence-corrected chi connectivity index (χ2v) is 4.01. The Hall–Kier alpha value is -1.46. The van der Waals surface area contributed by atoms with E-state index < -0.39 is 0 Å². The van der Waals surface area contributed by atoms with Gasteiger partial charge in [0.25, 0.3) is 0 Å². The number of halogens is 1. The molecule has 100 valence electrons. The van der Waals surface area contributed by atoms with E-state index in [0.29, 0.717) is 23.1 Å². The minimum absolute atomic E-state index is 0.0992. The maximum atomic E-state index is 11.3. The minimum Gasteiger partial charge on any atom is -0.492 e. The van der Waals surface area contributed by atoms with Crippen molar-refractivity contribution >= 4 is 23.3 Å². The van der Waals surface area contributed by atoms with Gasteiger partial charge in [0.1, 0.15) is 5.75 Å². The van der Waals surface area contributed by atoms with Crippen molar-refractivity contribution in [2.24, 2.45) is 0 Å². The summed E-state index contributed by atoms with van der Waals surface area (Å²) in [6.07, 6.45) is 0.903. The highest BCUT2D eigenvalue weighted by Crippen LogP contribution is 2.27. The summed E-state index contributed by atoms with van der Waals surface area (Å²) < 4.78 is 5.42. The predicted molar refractivity (Wildman–Crippen MR) is 71.3 cm³/mol. The molecule has 0 bridgehead atoms. The number of ether oxygens (including phenoxy) is 1. The molecule has 0 radical (unpaired) electrons. The summed E-state index contributed by atoms with van der Waals surface area (Å²) in [7, 11) is 0. The van der Waals surface area contributed by atoms with E-state index in [1.165, 1.54) is 0 Å². The van der Waals surface area contributed by atoms with Crippen molar-refractivity contribution in [3.63, 3.8) is 0 Å². The Bertz CT molecular complexity index is 399. The zero-order valence-corrected chi connectivity index (χ0v) is 11.0. The maximum Gasteiger partial charge on any atom is 0.319 e. The Morgan fingerprint density at radius 3 is 2.89 bits per heavy atom. The smallest absolute Gasteiger partial charge is 0.319 e. The van der Waals surface area contributed by atoms with Gasteiger partial charge in [0.2, 0.25) is 0 Å². The number of hydrogen-bond donors (Lipinski definition) is 3. The highest BCUT2D eigenvalue weighted by Gasteiger charge is 2.05. The van der Waals surface area contributed by atoms with Gasteiger partial charge in [-0.1, -0.05) is 18.5 Å². The fourth-order valence-electron chi connectivity index (χ4n) is 1.25. The molecular weight excluding hydrogens is 256 g/mol. The van der Waals surface area contributed by atoms with Gasteiger partial charge in [0, 0.05) is 12.2 Å². The van der Waals surface area contributed by atoms with Crippen LogP contribution in [0.1, 0.15) is 13.3 Å². The topological polar surface area (TPSA) is 70.6 Å². The number of amides is 2. The first kappa shape index (κ1) is 14.6. The Kier molecular flexibility index (Phi) is 6.32. The molecule has 0 heterocycles. The molecule has 0 unspecified atom stereocenters. The van der Waals surface area contributed by atoms with Crippen molar-refractivity contribution in [2.45, 2.75) is 13.3 Å². The van der Waals surface area contributed by atoms with E-state index in [9.17, 15) is 4.79 Å². The molecule has 0 saturated heterocycles. The third kappa shape index (κ3) is 4.81. The van der Waals surface area contributed by atoms with Crippen LogP contribution in [0.3, 0.4) is 0 Å². The van der Waals surface area contributed by atoms with E-state index in [1.54, 1.807) is 18.2 Å². The van der Waals surface area contributed by atoms with Crippen LogP contribution in [-0.2, 0) is 0 Å². The molecule has 6 heteroatoms. The molecule has 0 fully saturated rings. The van der Waals surface area contributed by atoms with Gasteiger partial charge in [0.15, 0.2) is 0 Å². The number of aliphatic hydroxyl groups excluding tert-OH is 1. The van der Waals surface area contributed by atoms with Gasteiger partial charge < -0.3 is 20.5 Å². The molecule has 0 aliphatic heterocycles. The second kappa shape index (κ2) is 7.79. The number of carbonyl (C=O) groups excluding carboxylic acids is 1. The molecule has 3 N–H and O–H groups in total. The Balaban J connectivity index is 2.58. The van der Waals surface area contributed by atoms with Gasteiger partial charge >= 0.3 is 6.03 Å². The van der Waals surface area contributed by atoms with Gasteiger partial charge in [-0.05, 0) is 24.6 Å². The van der Waals surface area contributed by atoms with Crippen LogP contribution in [0.4, 0.5) is 10.5 Å². The number of urea groups is 1. The number of nitrogens with one attached hydrogen (secondary N) is 2. The molecule has 0 saturated carbocycles. The number of benzene rings is 1. The molecule has 1 aromatic rings. The molecule has 18 heavy (non-hydrogen) atoms. The summed E-state index contributed by atoms with van der Waals surface area (Å²) >= 11 is 6.02. The van der Waals surface area contributed by atoms with Crippen LogP contribution in [0.25, 0.3) is 0 Å². The molecule has 5 nitrogen and oxygen atoms in total. The van der Waals surface area contributed by atoms with Crippen molar-refractivity contribution in [2.75, 3.05) is 25.1 Å². The normalized spacial score (nSPS) is 9.94. The fourth-order valence-corrected chi connectivity index (χ4v) is 1.49. The van der Waals surface area contributed by atoms with E-state index in [4.69, 9.17) is 21.4 Å². The van der Waals surface area contributed by atoms with Crippen molar-refractivity contribution in [3.05, 3.63) is 23.2 Å². The zero-order valence-electron chi connectivity index (χ0n) is 10.2. The third-order valence-electron chi connectivity index (χ3n) is 2.05. The van der Waals surface area contributed by atoms with Gasteiger partial charge in [-0.25, -0.2) is 4.79 Å². The number of hydrogen-bond acceptors (Lipinski definition) is 3. The average Bonchev–Trinajstić information content (AvgIpc) is 2.35. The minimum atomic E-state index is -0.387. The number of rotatable bonds is 6. The summed E-state index contributed by atoms with van der Waals surface area (Å²) in [6.45, 7) is 2.72. The van der Waals surface area contributed by atoms with Crippen LogP contribution < -0.4 is 15.4 Å². The Morgan fingerprint density at radius 2 is 2.28 bits per heavy atom. The SMILES string of the molecule is CCCOc1ccc(NC(=O)NCCO)cc1Cl. The summed E-state index contributed by atoms with van der Waals surface area (Å²) in [5.74, 6) is 0.597. The first-order valence-electron chi connectivity index (χ1n) is 5.75. The van der Waals surface area contributed by atoms with Crippen molar-refractivity contribution < 1.29 is 14.6 Å². The largest absolute Gasteiger partial charge is 0.492 e. The first-order valence-corrected chi connectivity index (χ1v) is 6.13. The van der Waals surface area contributed by atoms with Crippen LogP contribution in [0.5, 0.6) is 5.75 Å². The van der Waals surface area contributed by atoms with Crippen LogP contribution in [0, 0.1) is 0 Å². The zero-order chi connectivity index (χ0) is 13.4. The second-order valence-electron chi connectivity index (χ2n) is 3.60. The fraction of sp³-hybridized carbons (Fsp3) is 0.417. The van der Waals surface area contributed by atoms with Crippen molar-refractivity contribution in [3.8, 4) is 5.75 Å². The number of aliphatic hydroxyl groups is 1. The molecule has 1 rings (SSSR count). The van der Waals surface area contributed by atoms with Crippen LogP contribution >= 0.6 is 11.6 Å². The van der Waals surface area contributed by atoms with E-state index in [-0.39, 0.29) is 19.2 Å². The van der Waals surface area contributed by atoms with Crippen LogP contribution in [0.15, 0.2) is 18.2 Å². The predicted octanol–water partition coefficient (Wildman–Crippen LogP) is 2.24. The molecular formula is C12H17ClN2O3. The number of carbonyl (C=O) groups is 1. The maximum absolute atomic E-state index is 11.3. The van der Waals surface area contributed by atoms with Crippen molar-refractivity contribution in [1.82, 2.24) is 5.32 Å². The quantitative estimate of drug-likeness (QED) is 0.744. The van der Waals surface area contributed by atoms with E-state index >= 15 is 0 Å². The van der Waals surface area contributed by atoms with Gasteiger partial charge in [-0.3, -0.25) is 0 Å². The lowest BCUT2D eigenvalue weighted by Crippen LogP contribution is -2.30. The van der Waals surface area contributed by atoms with Crippen LogP contribution in [0.2, 0.25) is 5.02 Å². The average molecular weight is 273 g/mol. The monoisotopic (exact) mass is 272 g/mol. The summed E-state index contributed by atoms with van der Waals surface area (Å²) in [4.78, 5) is 11.3. The number of anilines is 1. The lowest BCUT2D eigenvalue weighted by Gasteiger charge is -2.10. The van der Waals surface area contributed by atoms with E-state index in [0.717, 1.165) is 6.42 Å². The highest BCUT2D eigenvalue weighted by molar-refractivity contribution is 6.32. The van der Waals surface area contributed by atoms with Crippen molar-refractivity contribution in [1.29, 1.82) is 0 Å². The molecule has 0 aliphatic carbocycles. The summed E-state index contributed by atoms with van der Waals surface area (Å²) in [5.41, 5.74) is 0.569. The first-order chi connectivity index (χ1) is 8.67. The molecule has 0 aliphatic rings.